The topological polar surface area (TPSA) is 68.4 Å². The number of rotatable bonds is 5. The summed E-state index contributed by atoms with van der Waals surface area (Å²) in [7, 11) is 3.72. The summed E-state index contributed by atoms with van der Waals surface area (Å²) in [4.78, 5) is 32.1. The van der Waals surface area contributed by atoms with Crippen LogP contribution in [0.1, 0.15) is 12.8 Å². The Bertz CT molecular complexity index is 990. The van der Waals surface area contributed by atoms with Gasteiger partial charge < -0.3 is 20.1 Å². The average Bonchev–Trinajstić information content (AvgIpc) is 3.35. The number of carbonyl (C=O) groups is 2. The number of H-pyrrole nitrogens is 1. The van der Waals surface area contributed by atoms with Gasteiger partial charge in [0.1, 0.15) is 6.04 Å². The van der Waals surface area contributed by atoms with Crippen molar-refractivity contribution in [1.82, 2.24) is 14.8 Å². The lowest BCUT2D eigenvalue weighted by atomic mass is 10.1. The molecule has 0 unspecified atom stereocenters. The summed E-state index contributed by atoms with van der Waals surface area (Å²) in [6, 6.07) is 17.7. The zero-order valence-electron chi connectivity index (χ0n) is 16.8. The van der Waals surface area contributed by atoms with Crippen LogP contribution in [0.25, 0.3) is 22.2 Å². The summed E-state index contributed by atoms with van der Waals surface area (Å²) >= 11 is 0. The van der Waals surface area contributed by atoms with E-state index < -0.39 is 6.04 Å². The molecule has 150 valence electrons. The maximum absolute atomic E-state index is 12.8. The number of fused-ring (bicyclic) bond motifs is 1. The number of hydrogen-bond acceptors (Lipinski definition) is 3. The second-order valence-corrected chi connectivity index (χ2v) is 7.82. The fourth-order valence-corrected chi connectivity index (χ4v) is 3.89. The van der Waals surface area contributed by atoms with Gasteiger partial charge in [0.2, 0.25) is 11.8 Å². The Labute approximate surface area is 170 Å². The average molecular weight is 390 g/mol. The molecule has 2 N–H and O–H groups in total. The number of likely N-dealkylation sites (N-methyl/N-ethyl adjacent to an activating group) is 1. The van der Waals surface area contributed by atoms with Gasteiger partial charge >= 0.3 is 0 Å². The predicted octanol–water partition coefficient (Wildman–Crippen LogP) is 3.33. The van der Waals surface area contributed by atoms with Crippen molar-refractivity contribution >= 4 is 28.4 Å². The van der Waals surface area contributed by atoms with Crippen LogP contribution < -0.4 is 5.32 Å². The lowest BCUT2D eigenvalue weighted by molar-refractivity contribution is -0.137. The second-order valence-electron chi connectivity index (χ2n) is 7.82. The van der Waals surface area contributed by atoms with E-state index in [0.29, 0.717) is 19.5 Å². The van der Waals surface area contributed by atoms with Crippen molar-refractivity contribution in [1.29, 1.82) is 0 Å². The maximum Gasteiger partial charge on any atom is 0.247 e. The van der Waals surface area contributed by atoms with Gasteiger partial charge in [-0.25, -0.2) is 0 Å². The second kappa shape index (κ2) is 8.09. The first-order chi connectivity index (χ1) is 14.0. The molecule has 4 rings (SSSR count). The molecule has 0 bridgehead atoms. The summed E-state index contributed by atoms with van der Waals surface area (Å²) < 4.78 is 0. The molecule has 0 saturated carbocycles. The molecule has 0 radical (unpaired) electrons. The van der Waals surface area contributed by atoms with Gasteiger partial charge in [0.05, 0.1) is 6.54 Å². The molecular formula is C23H26N4O2. The van der Waals surface area contributed by atoms with Crippen molar-refractivity contribution in [3.05, 3.63) is 54.6 Å². The standard InChI is InChI=1S/C23H26N4O2/c1-26(2)15-22(28)27-13-5-8-21(27)23(29)24-18-11-9-16(10-12-18)20-14-17-6-3-4-7-19(17)25-20/h3-4,6-7,9-12,14,21,25H,5,8,13,15H2,1-2H3,(H,24,29)/t21-/m1/s1. The van der Waals surface area contributed by atoms with Crippen LogP contribution in [-0.4, -0.2) is 59.8 Å². The Morgan fingerprint density at radius 2 is 1.90 bits per heavy atom. The van der Waals surface area contributed by atoms with Crippen molar-refractivity contribution in [3.8, 4) is 11.3 Å². The van der Waals surface area contributed by atoms with Gasteiger partial charge in [-0.2, -0.15) is 0 Å². The van der Waals surface area contributed by atoms with Crippen LogP contribution in [0.2, 0.25) is 0 Å². The third-order valence-corrected chi connectivity index (χ3v) is 5.32. The van der Waals surface area contributed by atoms with Crippen LogP contribution in [0.5, 0.6) is 0 Å². The summed E-state index contributed by atoms with van der Waals surface area (Å²) in [5.74, 6) is -0.116. The highest BCUT2D eigenvalue weighted by atomic mass is 16.2. The largest absolute Gasteiger partial charge is 0.355 e. The molecule has 1 saturated heterocycles. The van der Waals surface area contributed by atoms with E-state index >= 15 is 0 Å². The lowest BCUT2D eigenvalue weighted by Crippen LogP contribution is -2.46. The van der Waals surface area contributed by atoms with Gasteiger partial charge in [0.25, 0.3) is 0 Å². The first kappa shape index (κ1) is 19.2. The number of nitrogens with zero attached hydrogens (tertiary/aromatic N) is 2. The van der Waals surface area contributed by atoms with Crippen LogP contribution in [0.15, 0.2) is 54.6 Å². The van der Waals surface area contributed by atoms with Crippen LogP contribution in [-0.2, 0) is 9.59 Å². The van der Waals surface area contributed by atoms with Crippen LogP contribution in [0.3, 0.4) is 0 Å². The maximum atomic E-state index is 12.8. The summed E-state index contributed by atoms with van der Waals surface area (Å²) in [6.07, 6.45) is 1.56. The van der Waals surface area contributed by atoms with Crippen molar-refractivity contribution < 1.29 is 9.59 Å². The number of benzene rings is 2. The van der Waals surface area contributed by atoms with E-state index in [4.69, 9.17) is 0 Å². The first-order valence-electron chi connectivity index (χ1n) is 9.94. The Morgan fingerprint density at radius 3 is 2.62 bits per heavy atom. The Balaban J connectivity index is 1.44. The summed E-state index contributed by atoms with van der Waals surface area (Å²) in [5.41, 5.74) is 3.94. The molecule has 2 amide bonds. The van der Waals surface area contributed by atoms with Crippen molar-refractivity contribution in [2.45, 2.75) is 18.9 Å². The summed E-state index contributed by atoms with van der Waals surface area (Å²) in [6.45, 7) is 0.965. The van der Waals surface area contributed by atoms with E-state index in [1.54, 1.807) is 4.90 Å². The Morgan fingerprint density at radius 1 is 1.14 bits per heavy atom. The van der Waals surface area contributed by atoms with E-state index in [1.165, 1.54) is 5.39 Å². The zero-order chi connectivity index (χ0) is 20.4. The highest BCUT2D eigenvalue weighted by molar-refractivity contribution is 5.98. The molecule has 0 spiro atoms. The van der Waals surface area contributed by atoms with Gasteiger partial charge in [-0.1, -0.05) is 30.3 Å². The number of para-hydroxylation sites is 1. The molecule has 2 heterocycles. The van der Waals surface area contributed by atoms with E-state index in [1.807, 2.05) is 55.4 Å². The minimum atomic E-state index is -0.393. The van der Waals surface area contributed by atoms with Gasteiger partial charge in [-0.3, -0.25) is 9.59 Å². The number of nitrogens with one attached hydrogen (secondary N) is 2. The van der Waals surface area contributed by atoms with E-state index in [-0.39, 0.29) is 11.8 Å². The van der Waals surface area contributed by atoms with E-state index in [9.17, 15) is 9.59 Å². The molecule has 1 aliphatic heterocycles. The van der Waals surface area contributed by atoms with E-state index in [2.05, 4.69) is 28.5 Å². The molecule has 2 aromatic carbocycles. The monoisotopic (exact) mass is 390 g/mol. The van der Waals surface area contributed by atoms with Gasteiger partial charge in [0, 0.05) is 28.8 Å². The van der Waals surface area contributed by atoms with Crippen molar-refractivity contribution in [3.63, 3.8) is 0 Å². The Kier molecular flexibility index (Phi) is 5.36. The van der Waals surface area contributed by atoms with Crippen LogP contribution in [0, 0.1) is 0 Å². The van der Waals surface area contributed by atoms with Crippen LogP contribution in [0.4, 0.5) is 5.69 Å². The molecule has 0 aliphatic carbocycles. The third kappa shape index (κ3) is 4.17. The zero-order valence-corrected chi connectivity index (χ0v) is 16.8. The molecular weight excluding hydrogens is 364 g/mol. The molecule has 1 aliphatic rings. The number of anilines is 1. The number of likely N-dealkylation sites (tertiary alicyclic amines) is 1. The number of carbonyl (C=O) groups excluding carboxylic acids is 2. The number of aromatic amines is 1. The molecule has 3 aromatic rings. The summed E-state index contributed by atoms with van der Waals surface area (Å²) in [5, 5.41) is 4.14. The smallest absolute Gasteiger partial charge is 0.247 e. The quantitative estimate of drug-likeness (QED) is 0.702. The normalized spacial score (nSPS) is 16.5. The number of hydrogen-bond donors (Lipinski definition) is 2. The van der Waals surface area contributed by atoms with Gasteiger partial charge in [-0.15, -0.1) is 0 Å². The SMILES string of the molecule is CN(C)CC(=O)N1CCC[C@@H]1C(=O)Nc1ccc(-c2cc3ccccc3[nH]2)cc1. The fourth-order valence-electron chi connectivity index (χ4n) is 3.89. The minimum absolute atomic E-state index is 0.00168. The highest BCUT2D eigenvalue weighted by Crippen LogP contribution is 2.26. The number of aromatic nitrogens is 1. The molecule has 6 nitrogen and oxygen atoms in total. The molecule has 1 fully saturated rings. The molecule has 1 aromatic heterocycles. The van der Waals surface area contributed by atoms with E-state index in [0.717, 1.165) is 28.9 Å². The molecule has 6 heteroatoms. The van der Waals surface area contributed by atoms with Gasteiger partial charge in [-0.05, 0) is 56.8 Å². The minimum Gasteiger partial charge on any atom is -0.355 e. The van der Waals surface area contributed by atoms with Gasteiger partial charge in [0.15, 0.2) is 0 Å². The highest BCUT2D eigenvalue weighted by Gasteiger charge is 2.34. The first-order valence-corrected chi connectivity index (χ1v) is 9.94. The predicted molar refractivity (Wildman–Crippen MR) is 116 cm³/mol. The Hall–Kier alpha value is -3.12. The lowest BCUT2D eigenvalue weighted by Gasteiger charge is -2.25. The van der Waals surface area contributed by atoms with Crippen molar-refractivity contribution in [2.75, 3.05) is 32.5 Å². The fraction of sp³-hybridized carbons (Fsp3) is 0.304. The van der Waals surface area contributed by atoms with Crippen molar-refractivity contribution in [2.24, 2.45) is 0 Å². The molecule has 29 heavy (non-hydrogen) atoms. The molecule has 1 atom stereocenters. The number of amides is 2. The van der Waals surface area contributed by atoms with Crippen LogP contribution >= 0.6 is 0 Å². The third-order valence-electron chi connectivity index (χ3n) is 5.32.